The minimum atomic E-state index is -0.255. The van der Waals surface area contributed by atoms with E-state index < -0.39 is 0 Å². The van der Waals surface area contributed by atoms with Gasteiger partial charge in [0.05, 0.1) is 6.04 Å². The second-order valence-corrected chi connectivity index (χ2v) is 5.80. The summed E-state index contributed by atoms with van der Waals surface area (Å²) in [6.45, 7) is 7.95. The molecule has 19 heavy (non-hydrogen) atoms. The van der Waals surface area contributed by atoms with Crippen LogP contribution in [0, 0.1) is 5.92 Å². The van der Waals surface area contributed by atoms with Gasteiger partial charge < -0.3 is 0 Å². The molecule has 1 aliphatic carbocycles. The Kier molecular flexibility index (Phi) is 6.78. The first-order chi connectivity index (χ1) is 9.01. The molecule has 1 fully saturated rings. The van der Waals surface area contributed by atoms with E-state index in [1.165, 1.54) is 12.5 Å². The molecule has 0 aliphatic heterocycles. The van der Waals surface area contributed by atoms with Crippen LogP contribution in [0.3, 0.4) is 0 Å². The maximum Gasteiger partial charge on any atom is 0.134 e. The van der Waals surface area contributed by atoms with Crippen molar-refractivity contribution in [2.75, 3.05) is 0 Å². The summed E-state index contributed by atoms with van der Waals surface area (Å²) >= 11 is 6.28. The molecule has 0 saturated heterocycles. The van der Waals surface area contributed by atoms with Crippen LogP contribution >= 0.6 is 11.6 Å². The first-order valence-electron chi connectivity index (χ1n) is 7.26. The molecule has 0 spiro atoms. The van der Waals surface area contributed by atoms with E-state index >= 15 is 0 Å². The van der Waals surface area contributed by atoms with Crippen LogP contribution in [0.1, 0.15) is 59.8 Å². The highest BCUT2D eigenvalue weighted by Crippen LogP contribution is 2.32. The fraction of sp³-hybridized carbons (Fsp3) is 0.688. The van der Waals surface area contributed by atoms with Crippen molar-refractivity contribution < 1.29 is 4.39 Å². The monoisotopic (exact) mass is 285 g/mol. The van der Waals surface area contributed by atoms with Crippen molar-refractivity contribution >= 4 is 16.8 Å². The van der Waals surface area contributed by atoms with Crippen LogP contribution in [0.4, 0.5) is 4.39 Å². The van der Waals surface area contributed by atoms with Crippen molar-refractivity contribution in [1.29, 1.82) is 0 Å². The summed E-state index contributed by atoms with van der Waals surface area (Å²) in [4.78, 5) is 4.51. The van der Waals surface area contributed by atoms with E-state index in [0.29, 0.717) is 16.7 Å². The van der Waals surface area contributed by atoms with Gasteiger partial charge >= 0.3 is 0 Å². The minimum absolute atomic E-state index is 0.255. The third-order valence-corrected chi connectivity index (χ3v) is 4.17. The number of hydrogen-bond donors (Lipinski definition) is 0. The van der Waals surface area contributed by atoms with Crippen molar-refractivity contribution in [2.24, 2.45) is 10.9 Å². The molecule has 0 N–H and O–H groups in total. The summed E-state index contributed by atoms with van der Waals surface area (Å²) in [5.41, 5.74) is 1.51. The zero-order valence-electron chi connectivity index (χ0n) is 12.5. The van der Waals surface area contributed by atoms with Crippen LogP contribution in [0.2, 0.25) is 0 Å². The molecule has 0 heterocycles. The third-order valence-electron chi connectivity index (χ3n) is 3.88. The van der Waals surface area contributed by atoms with Gasteiger partial charge in [-0.05, 0) is 45.4 Å². The summed E-state index contributed by atoms with van der Waals surface area (Å²) < 4.78 is 14.0. The Morgan fingerprint density at radius 1 is 1.42 bits per heavy atom. The van der Waals surface area contributed by atoms with Crippen LogP contribution in [0.15, 0.2) is 28.0 Å². The Morgan fingerprint density at radius 2 is 2.11 bits per heavy atom. The molecule has 108 valence electrons. The SMILES string of the molecule is C\C=C(F)/C(C(/Cl)=N\C1CCC1C)=C(/C)CCCC. The maximum atomic E-state index is 14.0. The maximum absolute atomic E-state index is 14.0. The van der Waals surface area contributed by atoms with E-state index in [9.17, 15) is 4.39 Å². The molecular formula is C16H25ClFN. The highest BCUT2D eigenvalue weighted by atomic mass is 35.5. The zero-order valence-corrected chi connectivity index (χ0v) is 13.2. The van der Waals surface area contributed by atoms with Crippen molar-refractivity contribution in [3.8, 4) is 0 Å². The van der Waals surface area contributed by atoms with E-state index in [4.69, 9.17) is 11.6 Å². The Morgan fingerprint density at radius 3 is 2.53 bits per heavy atom. The van der Waals surface area contributed by atoms with E-state index in [2.05, 4.69) is 18.8 Å². The van der Waals surface area contributed by atoms with Gasteiger partial charge in [0.2, 0.25) is 0 Å². The number of aliphatic imine (C=N–C) groups is 1. The van der Waals surface area contributed by atoms with Crippen molar-refractivity contribution in [3.63, 3.8) is 0 Å². The average molecular weight is 286 g/mol. The van der Waals surface area contributed by atoms with Crippen molar-refractivity contribution in [2.45, 2.75) is 65.8 Å². The van der Waals surface area contributed by atoms with Crippen LogP contribution in [-0.4, -0.2) is 11.2 Å². The van der Waals surface area contributed by atoms with Gasteiger partial charge in [0.15, 0.2) is 0 Å². The van der Waals surface area contributed by atoms with Gasteiger partial charge in [-0.25, -0.2) is 4.39 Å². The highest BCUT2D eigenvalue weighted by Gasteiger charge is 2.27. The van der Waals surface area contributed by atoms with Gasteiger partial charge in [0.25, 0.3) is 0 Å². The normalized spacial score (nSPS) is 26.0. The van der Waals surface area contributed by atoms with Gasteiger partial charge in [-0.3, -0.25) is 4.99 Å². The standard InChI is InChI=1S/C16H25ClFN/c1-5-7-8-12(4)15(13(18)6-2)16(17)19-14-10-9-11(14)3/h6,11,14H,5,7-10H2,1-4H3/b13-6+,15-12+,19-16+. The summed E-state index contributed by atoms with van der Waals surface area (Å²) in [5.74, 6) is 0.314. The fourth-order valence-electron chi connectivity index (χ4n) is 2.24. The number of hydrogen-bond acceptors (Lipinski definition) is 1. The molecular weight excluding hydrogens is 261 g/mol. The number of allylic oxidation sites excluding steroid dienone is 4. The predicted molar refractivity (Wildman–Crippen MR) is 82.6 cm³/mol. The molecule has 2 atom stereocenters. The summed E-state index contributed by atoms with van der Waals surface area (Å²) in [6.07, 6.45) is 6.74. The largest absolute Gasteiger partial charge is 0.269 e. The van der Waals surface area contributed by atoms with Gasteiger partial charge in [-0.15, -0.1) is 0 Å². The topological polar surface area (TPSA) is 12.4 Å². The molecule has 1 rings (SSSR count). The molecule has 1 saturated carbocycles. The summed E-state index contributed by atoms with van der Waals surface area (Å²) in [7, 11) is 0. The molecule has 0 bridgehead atoms. The lowest BCUT2D eigenvalue weighted by molar-refractivity contribution is 0.285. The Labute approximate surface area is 121 Å². The minimum Gasteiger partial charge on any atom is -0.269 e. The fourth-order valence-corrected chi connectivity index (χ4v) is 2.62. The second-order valence-electron chi connectivity index (χ2n) is 5.44. The molecule has 0 aromatic rings. The number of rotatable bonds is 6. The predicted octanol–water partition coefficient (Wildman–Crippen LogP) is 5.80. The molecule has 0 radical (unpaired) electrons. The van der Waals surface area contributed by atoms with Gasteiger partial charge in [0, 0.05) is 5.57 Å². The van der Waals surface area contributed by atoms with Crippen LogP contribution in [0.5, 0.6) is 0 Å². The van der Waals surface area contributed by atoms with Crippen molar-refractivity contribution in [1.82, 2.24) is 0 Å². The quantitative estimate of drug-likeness (QED) is 0.432. The average Bonchev–Trinajstić information content (AvgIpc) is 2.40. The molecule has 0 aromatic heterocycles. The van der Waals surface area contributed by atoms with Gasteiger partial charge in [-0.1, -0.05) is 43.5 Å². The highest BCUT2D eigenvalue weighted by molar-refractivity contribution is 6.70. The first kappa shape index (κ1) is 16.4. The van der Waals surface area contributed by atoms with E-state index in [1.807, 2.05) is 6.92 Å². The van der Waals surface area contributed by atoms with Crippen molar-refractivity contribution in [3.05, 3.63) is 23.0 Å². The smallest absolute Gasteiger partial charge is 0.134 e. The molecule has 1 nitrogen and oxygen atoms in total. The lowest BCUT2D eigenvalue weighted by atomic mass is 9.81. The Hall–Kier alpha value is -0.630. The Bertz CT molecular complexity index is 396. The lowest BCUT2D eigenvalue weighted by Crippen LogP contribution is -2.28. The lowest BCUT2D eigenvalue weighted by Gasteiger charge is -2.30. The van der Waals surface area contributed by atoms with Crippen LogP contribution < -0.4 is 0 Å². The number of halogens is 2. The number of unbranched alkanes of at least 4 members (excludes halogenated alkanes) is 1. The van der Waals surface area contributed by atoms with Gasteiger partial charge in [0.1, 0.15) is 11.0 Å². The molecule has 0 amide bonds. The van der Waals surface area contributed by atoms with E-state index in [-0.39, 0.29) is 11.9 Å². The zero-order chi connectivity index (χ0) is 14.4. The molecule has 1 aliphatic rings. The van der Waals surface area contributed by atoms with Crippen LogP contribution in [-0.2, 0) is 0 Å². The van der Waals surface area contributed by atoms with E-state index in [1.54, 1.807) is 6.92 Å². The summed E-state index contributed by atoms with van der Waals surface area (Å²) in [6, 6.07) is 0.270. The first-order valence-corrected chi connectivity index (χ1v) is 7.64. The molecule has 0 aromatic carbocycles. The van der Waals surface area contributed by atoms with Crippen LogP contribution in [0.25, 0.3) is 0 Å². The van der Waals surface area contributed by atoms with E-state index in [0.717, 1.165) is 31.3 Å². The summed E-state index contributed by atoms with van der Waals surface area (Å²) in [5, 5.41) is 0.348. The molecule has 3 heteroatoms. The Balaban J connectivity index is 2.96. The third kappa shape index (κ3) is 4.45. The second kappa shape index (κ2) is 7.84. The van der Waals surface area contributed by atoms with Gasteiger partial charge in [-0.2, -0.15) is 0 Å². The molecule has 2 unspecified atom stereocenters. The number of nitrogens with zero attached hydrogens (tertiary/aromatic N) is 1.